The minimum absolute atomic E-state index is 0.0790. The van der Waals surface area contributed by atoms with Gasteiger partial charge in [-0.1, -0.05) is 25.5 Å². The minimum atomic E-state index is -1.51. The highest BCUT2D eigenvalue weighted by Crippen LogP contribution is 2.10. The molecular formula is C40H62N10O13. The molecule has 0 unspecified atom stereocenters. The Morgan fingerprint density at radius 1 is 0.524 bits per heavy atom. The molecule has 0 aliphatic rings. The van der Waals surface area contributed by atoms with Crippen molar-refractivity contribution in [2.75, 3.05) is 45.0 Å². The van der Waals surface area contributed by atoms with Crippen LogP contribution < -0.4 is 53.6 Å². The molecule has 350 valence electrons. The van der Waals surface area contributed by atoms with Crippen LogP contribution in [0.5, 0.6) is 0 Å². The van der Waals surface area contributed by atoms with Crippen molar-refractivity contribution >= 4 is 70.8 Å². The second kappa shape index (κ2) is 31.1. The van der Waals surface area contributed by atoms with E-state index in [2.05, 4.69) is 47.9 Å². The van der Waals surface area contributed by atoms with E-state index in [-0.39, 0.29) is 37.7 Å². The number of amides is 9. The SMILES string of the molecule is CCCNC(=O)CCCCCNC(=O)[C@H](CCC(=O)O)NC(=O)[C@H](CCC(=O)O)NC(=O)CNC(=O)CNC(=O)CNC(=O)[C@H](CCCCNC(=O)c1ccccc1N)NC(C)=O. The summed E-state index contributed by atoms with van der Waals surface area (Å²) in [6, 6.07) is 2.71. The fraction of sp³-hybridized carbons (Fsp3) is 0.575. The lowest BCUT2D eigenvalue weighted by molar-refractivity contribution is -0.139. The predicted octanol–water partition coefficient (Wildman–Crippen LogP) is -2.08. The quantitative estimate of drug-likeness (QED) is 0.0273. The summed E-state index contributed by atoms with van der Waals surface area (Å²) in [4.78, 5) is 135. The Morgan fingerprint density at radius 3 is 1.67 bits per heavy atom. The van der Waals surface area contributed by atoms with Crippen molar-refractivity contribution in [2.24, 2.45) is 0 Å². The van der Waals surface area contributed by atoms with Crippen LogP contribution in [0, 0.1) is 0 Å². The molecule has 0 spiro atoms. The van der Waals surface area contributed by atoms with E-state index in [0.29, 0.717) is 56.3 Å². The molecule has 0 bridgehead atoms. The Bertz CT molecular complexity index is 1740. The molecule has 9 amide bonds. The molecule has 23 heteroatoms. The van der Waals surface area contributed by atoms with Crippen molar-refractivity contribution in [3.05, 3.63) is 29.8 Å². The van der Waals surface area contributed by atoms with Crippen LogP contribution in [-0.4, -0.2) is 133 Å². The van der Waals surface area contributed by atoms with Crippen molar-refractivity contribution in [1.29, 1.82) is 0 Å². The van der Waals surface area contributed by atoms with Crippen LogP contribution in [0.1, 0.15) is 101 Å². The van der Waals surface area contributed by atoms with E-state index in [1.807, 2.05) is 6.92 Å². The van der Waals surface area contributed by atoms with Gasteiger partial charge in [-0.05, 0) is 63.5 Å². The first-order valence-electron chi connectivity index (χ1n) is 20.7. The second-order valence-electron chi connectivity index (χ2n) is 14.4. The van der Waals surface area contributed by atoms with Gasteiger partial charge in [-0.2, -0.15) is 0 Å². The molecule has 1 rings (SSSR count). The standard InChI is InChI=1S/C40H62N10O13/c1-3-19-42-31(52)14-5-4-9-20-44-38(61)29(15-17-35(56)57)50-40(63)30(16-18-36(58)59)49-34(55)24-46-32(53)22-45-33(54)23-47-39(62)28(48-25(2)51)13-8-10-21-43-37(60)26-11-6-7-12-27(26)41/h6-7,11-12,28-30H,3-5,8-10,13-24,41H2,1-2H3,(H,42,52)(H,43,60)(H,44,61)(H,45,54)(H,46,53)(H,47,62)(H,48,51)(H,49,55)(H,50,63)(H,56,57)(H,58,59)/t28-,29-,30-/m0/s1. The van der Waals surface area contributed by atoms with E-state index in [1.165, 1.54) is 6.92 Å². The number of carboxylic acids is 2. The monoisotopic (exact) mass is 890 g/mol. The van der Waals surface area contributed by atoms with Crippen molar-refractivity contribution in [2.45, 2.75) is 109 Å². The highest BCUT2D eigenvalue weighted by Gasteiger charge is 2.28. The van der Waals surface area contributed by atoms with Gasteiger partial charge in [0, 0.05) is 51.5 Å². The van der Waals surface area contributed by atoms with Gasteiger partial charge < -0.3 is 63.8 Å². The smallest absolute Gasteiger partial charge is 0.303 e. The lowest BCUT2D eigenvalue weighted by atomic mass is 10.1. The summed E-state index contributed by atoms with van der Waals surface area (Å²) in [5, 5.41) is 40.5. The molecule has 0 aliphatic heterocycles. The van der Waals surface area contributed by atoms with Crippen molar-refractivity contribution in [3.8, 4) is 0 Å². The zero-order chi connectivity index (χ0) is 47.2. The number of hydrogen-bond acceptors (Lipinski definition) is 12. The maximum atomic E-state index is 13.2. The number of aliphatic carboxylic acids is 2. The Hall–Kier alpha value is -6.81. The number of rotatable bonds is 32. The van der Waals surface area contributed by atoms with Crippen molar-refractivity contribution in [3.63, 3.8) is 0 Å². The number of carbonyl (C=O) groups excluding carboxylic acids is 9. The average molecular weight is 891 g/mol. The van der Waals surface area contributed by atoms with E-state index >= 15 is 0 Å². The summed E-state index contributed by atoms with van der Waals surface area (Å²) < 4.78 is 0. The van der Waals surface area contributed by atoms with Gasteiger partial charge in [0.1, 0.15) is 18.1 Å². The zero-order valence-electron chi connectivity index (χ0n) is 35.7. The summed E-state index contributed by atoms with van der Waals surface area (Å²) in [6.45, 7) is 2.26. The highest BCUT2D eigenvalue weighted by molar-refractivity contribution is 5.99. The third kappa shape index (κ3) is 25.5. The van der Waals surface area contributed by atoms with E-state index in [0.717, 1.165) is 6.42 Å². The van der Waals surface area contributed by atoms with Crippen LogP contribution in [0.4, 0.5) is 5.69 Å². The molecule has 0 fully saturated rings. The Labute approximate surface area is 364 Å². The van der Waals surface area contributed by atoms with E-state index < -0.39 is 110 Å². The fourth-order valence-corrected chi connectivity index (χ4v) is 5.63. The van der Waals surface area contributed by atoms with Gasteiger partial charge in [-0.15, -0.1) is 0 Å². The Balaban J connectivity index is 2.60. The molecule has 1 aromatic carbocycles. The molecule has 13 N–H and O–H groups in total. The van der Waals surface area contributed by atoms with Crippen LogP contribution in [0.2, 0.25) is 0 Å². The van der Waals surface area contributed by atoms with Crippen LogP contribution >= 0.6 is 0 Å². The van der Waals surface area contributed by atoms with Crippen LogP contribution in [0.15, 0.2) is 24.3 Å². The molecule has 0 heterocycles. The third-order valence-corrected chi connectivity index (χ3v) is 8.95. The molecule has 0 radical (unpaired) electrons. The number of nitrogens with one attached hydrogen (secondary N) is 9. The summed E-state index contributed by atoms with van der Waals surface area (Å²) in [5.74, 6) is -8.40. The van der Waals surface area contributed by atoms with Gasteiger partial charge >= 0.3 is 11.9 Å². The van der Waals surface area contributed by atoms with Crippen molar-refractivity contribution in [1.82, 2.24) is 47.9 Å². The zero-order valence-corrected chi connectivity index (χ0v) is 35.7. The predicted molar refractivity (Wildman–Crippen MR) is 226 cm³/mol. The number of benzene rings is 1. The molecular weight excluding hydrogens is 828 g/mol. The topological polar surface area (TPSA) is 363 Å². The molecule has 0 aromatic heterocycles. The highest BCUT2D eigenvalue weighted by atomic mass is 16.4. The lowest BCUT2D eigenvalue weighted by Crippen LogP contribution is -2.55. The molecule has 0 aliphatic carbocycles. The van der Waals surface area contributed by atoms with Gasteiger partial charge in [0.2, 0.25) is 47.3 Å². The number of carbonyl (C=O) groups is 11. The first kappa shape index (κ1) is 54.2. The minimum Gasteiger partial charge on any atom is -0.481 e. The fourth-order valence-electron chi connectivity index (χ4n) is 5.63. The van der Waals surface area contributed by atoms with Gasteiger partial charge in [0.05, 0.1) is 25.2 Å². The first-order valence-corrected chi connectivity index (χ1v) is 20.7. The molecule has 63 heavy (non-hydrogen) atoms. The second-order valence-corrected chi connectivity index (χ2v) is 14.4. The number of anilines is 1. The molecule has 3 atom stereocenters. The number of unbranched alkanes of at least 4 members (excludes halogenated alkanes) is 3. The third-order valence-electron chi connectivity index (χ3n) is 8.95. The molecule has 0 saturated heterocycles. The summed E-state index contributed by atoms with van der Waals surface area (Å²) in [5.41, 5.74) is 6.47. The molecule has 1 aromatic rings. The number of hydrogen-bond donors (Lipinski definition) is 12. The van der Waals surface area contributed by atoms with Gasteiger partial charge in [-0.3, -0.25) is 52.7 Å². The van der Waals surface area contributed by atoms with Crippen molar-refractivity contribution < 1.29 is 63.0 Å². The van der Waals surface area contributed by atoms with E-state index in [9.17, 15) is 63.0 Å². The maximum absolute atomic E-state index is 13.2. The summed E-state index contributed by atoms with van der Waals surface area (Å²) in [6.07, 6.45) is 2.06. The number of carboxylic acid groups (broad SMARTS) is 2. The average Bonchev–Trinajstić information content (AvgIpc) is 3.23. The van der Waals surface area contributed by atoms with Gasteiger partial charge in [-0.25, -0.2) is 0 Å². The molecule has 23 nitrogen and oxygen atoms in total. The van der Waals surface area contributed by atoms with E-state index in [1.54, 1.807) is 24.3 Å². The first-order chi connectivity index (χ1) is 29.9. The lowest BCUT2D eigenvalue weighted by Gasteiger charge is -2.23. The van der Waals surface area contributed by atoms with Gasteiger partial charge in [0.15, 0.2) is 0 Å². The largest absolute Gasteiger partial charge is 0.481 e. The van der Waals surface area contributed by atoms with Crippen LogP contribution in [0.3, 0.4) is 0 Å². The van der Waals surface area contributed by atoms with Gasteiger partial charge in [0.25, 0.3) is 5.91 Å². The molecule has 0 saturated carbocycles. The number of para-hydroxylation sites is 1. The van der Waals surface area contributed by atoms with Crippen LogP contribution in [0.25, 0.3) is 0 Å². The Kier molecular flexibility index (Phi) is 26.8. The Morgan fingerprint density at radius 2 is 1.06 bits per heavy atom. The summed E-state index contributed by atoms with van der Waals surface area (Å²) in [7, 11) is 0. The van der Waals surface area contributed by atoms with Crippen LogP contribution in [-0.2, 0) is 47.9 Å². The number of nitrogens with two attached hydrogens (primary N) is 1. The van der Waals surface area contributed by atoms with E-state index in [4.69, 9.17) is 5.73 Å². The maximum Gasteiger partial charge on any atom is 0.303 e. The normalized spacial score (nSPS) is 11.9. The number of nitrogen functional groups attached to an aromatic ring is 1. The summed E-state index contributed by atoms with van der Waals surface area (Å²) >= 11 is 0.